The normalized spacial score (nSPS) is 14.0. The molecular weight excluding hydrogens is 339 g/mol. The standard InChI is InChI=1S/C19H19FN2O2S/c20-16-9-2-3-10-17(16)21-18(23)14-7-6-8-15(13-14)24-19(25)22-11-4-1-5-12-22/h2-3,6-10,13H,1,4-5,11-12H2,(H,21,23). The van der Waals surface area contributed by atoms with Crippen molar-refractivity contribution in [1.82, 2.24) is 4.90 Å². The van der Waals surface area contributed by atoms with Crippen LogP contribution in [-0.2, 0) is 0 Å². The van der Waals surface area contributed by atoms with Crippen LogP contribution in [0.2, 0.25) is 0 Å². The SMILES string of the molecule is O=C(Nc1ccccc1F)c1cccc(OC(=S)N2CCCCC2)c1. The van der Waals surface area contributed by atoms with Crippen LogP contribution in [0.4, 0.5) is 10.1 Å². The van der Waals surface area contributed by atoms with Crippen LogP contribution < -0.4 is 10.1 Å². The van der Waals surface area contributed by atoms with Crippen LogP contribution in [0.5, 0.6) is 5.75 Å². The predicted molar refractivity (Wildman–Crippen MR) is 99.4 cm³/mol. The molecule has 0 atom stereocenters. The van der Waals surface area contributed by atoms with E-state index in [1.807, 2.05) is 4.90 Å². The minimum Gasteiger partial charge on any atom is -0.432 e. The first-order valence-electron chi connectivity index (χ1n) is 8.26. The minimum absolute atomic E-state index is 0.141. The molecule has 2 aromatic rings. The molecule has 25 heavy (non-hydrogen) atoms. The Bertz CT molecular complexity index is 776. The molecule has 1 N–H and O–H groups in total. The molecule has 0 bridgehead atoms. The zero-order valence-electron chi connectivity index (χ0n) is 13.7. The highest BCUT2D eigenvalue weighted by Gasteiger charge is 2.16. The van der Waals surface area contributed by atoms with E-state index in [0.29, 0.717) is 16.5 Å². The van der Waals surface area contributed by atoms with Gasteiger partial charge in [-0.15, -0.1) is 0 Å². The monoisotopic (exact) mass is 358 g/mol. The van der Waals surface area contributed by atoms with Crippen LogP contribution in [0.3, 0.4) is 0 Å². The quantitative estimate of drug-likeness (QED) is 0.834. The molecule has 4 nitrogen and oxygen atoms in total. The fourth-order valence-corrected chi connectivity index (χ4v) is 2.98. The van der Waals surface area contributed by atoms with Crippen LogP contribution in [0, 0.1) is 5.82 Å². The summed E-state index contributed by atoms with van der Waals surface area (Å²) in [6.07, 6.45) is 3.42. The van der Waals surface area contributed by atoms with Crippen molar-refractivity contribution in [2.45, 2.75) is 19.3 Å². The highest BCUT2D eigenvalue weighted by Crippen LogP contribution is 2.19. The topological polar surface area (TPSA) is 41.6 Å². The van der Waals surface area contributed by atoms with Crippen LogP contribution >= 0.6 is 12.2 Å². The molecule has 0 unspecified atom stereocenters. The summed E-state index contributed by atoms with van der Waals surface area (Å²) in [5, 5.41) is 2.98. The lowest BCUT2D eigenvalue weighted by Crippen LogP contribution is -2.37. The number of hydrogen-bond donors (Lipinski definition) is 1. The molecule has 130 valence electrons. The number of nitrogens with zero attached hydrogens (tertiary/aromatic N) is 1. The number of hydrogen-bond acceptors (Lipinski definition) is 3. The molecule has 0 aromatic heterocycles. The Morgan fingerprint density at radius 1 is 1.08 bits per heavy atom. The van der Waals surface area contributed by atoms with Crippen molar-refractivity contribution in [3.8, 4) is 5.75 Å². The third kappa shape index (κ3) is 4.54. The lowest BCUT2D eigenvalue weighted by atomic mass is 10.1. The van der Waals surface area contributed by atoms with Crippen molar-refractivity contribution in [2.24, 2.45) is 0 Å². The predicted octanol–water partition coefficient (Wildman–Crippen LogP) is 4.23. The van der Waals surface area contributed by atoms with E-state index in [1.165, 1.54) is 18.6 Å². The van der Waals surface area contributed by atoms with Crippen molar-refractivity contribution in [1.29, 1.82) is 0 Å². The number of nitrogens with one attached hydrogen (secondary N) is 1. The summed E-state index contributed by atoms with van der Waals surface area (Å²) in [5.74, 6) is -0.384. The van der Waals surface area contributed by atoms with Crippen molar-refractivity contribution >= 4 is 29.0 Å². The Kier molecular flexibility index (Phi) is 5.60. The van der Waals surface area contributed by atoms with Crippen molar-refractivity contribution in [2.75, 3.05) is 18.4 Å². The Hall–Kier alpha value is -2.47. The molecule has 1 aliphatic heterocycles. The second-order valence-corrected chi connectivity index (χ2v) is 6.23. The molecule has 0 radical (unpaired) electrons. The van der Waals surface area contributed by atoms with Gasteiger partial charge in [0.15, 0.2) is 0 Å². The number of para-hydroxylation sites is 1. The van der Waals surface area contributed by atoms with E-state index in [0.717, 1.165) is 25.9 Å². The first-order valence-corrected chi connectivity index (χ1v) is 8.67. The van der Waals surface area contributed by atoms with Crippen LogP contribution in [0.1, 0.15) is 29.6 Å². The molecule has 2 aromatic carbocycles. The minimum atomic E-state index is -0.477. The number of amides is 1. The number of rotatable bonds is 3. The number of carbonyl (C=O) groups excluding carboxylic acids is 1. The molecule has 1 fully saturated rings. The van der Waals surface area contributed by atoms with Gasteiger partial charge in [-0.2, -0.15) is 0 Å². The molecule has 1 saturated heterocycles. The molecule has 0 aliphatic carbocycles. The molecule has 1 heterocycles. The van der Waals surface area contributed by atoms with Gasteiger partial charge in [-0.05, 0) is 61.8 Å². The number of halogens is 1. The third-order valence-corrected chi connectivity index (χ3v) is 4.38. The lowest BCUT2D eigenvalue weighted by molar-refractivity contribution is 0.102. The highest BCUT2D eigenvalue weighted by atomic mass is 32.1. The molecule has 1 amide bonds. The van der Waals surface area contributed by atoms with Gasteiger partial charge in [-0.1, -0.05) is 18.2 Å². The van der Waals surface area contributed by atoms with Gasteiger partial charge in [-0.25, -0.2) is 4.39 Å². The third-order valence-electron chi connectivity index (χ3n) is 4.04. The zero-order valence-corrected chi connectivity index (χ0v) is 14.5. The van der Waals surface area contributed by atoms with Crippen molar-refractivity contribution < 1.29 is 13.9 Å². The zero-order chi connectivity index (χ0) is 17.6. The second kappa shape index (κ2) is 8.07. The maximum atomic E-state index is 13.7. The smallest absolute Gasteiger partial charge is 0.264 e. The van der Waals surface area contributed by atoms with E-state index in [-0.39, 0.29) is 5.69 Å². The van der Waals surface area contributed by atoms with Gasteiger partial charge in [0.25, 0.3) is 11.1 Å². The molecule has 1 aliphatic rings. The molecular formula is C19H19FN2O2S. The largest absolute Gasteiger partial charge is 0.432 e. The summed E-state index contributed by atoms with van der Waals surface area (Å²) < 4.78 is 19.4. The molecule has 3 rings (SSSR count). The summed E-state index contributed by atoms with van der Waals surface area (Å²) in [6.45, 7) is 1.79. The first kappa shape index (κ1) is 17.4. The summed E-state index contributed by atoms with van der Waals surface area (Å²) in [4.78, 5) is 14.4. The molecule has 0 spiro atoms. The van der Waals surface area contributed by atoms with Gasteiger partial charge in [0.05, 0.1) is 5.69 Å². The van der Waals surface area contributed by atoms with Gasteiger partial charge in [0.1, 0.15) is 11.6 Å². The van der Waals surface area contributed by atoms with Crippen molar-refractivity contribution in [3.63, 3.8) is 0 Å². The number of carbonyl (C=O) groups is 1. The lowest BCUT2D eigenvalue weighted by Gasteiger charge is -2.28. The Morgan fingerprint density at radius 2 is 1.84 bits per heavy atom. The number of ether oxygens (including phenoxy) is 1. The van der Waals surface area contributed by atoms with Crippen molar-refractivity contribution in [3.05, 3.63) is 59.9 Å². The van der Waals surface area contributed by atoms with Gasteiger partial charge < -0.3 is 15.0 Å². The van der Waals surface area contributed by atoms with Crippen LogP contribution in [0.15, 0.2) is 48.5 Å². The first-order chi connectivity index (χ1) is 12.1. The number of likely N-dealkylation sites (tertiary alicyclic amines) is 1. The highest BCUT2D eigenvalue weighted by molar-refractivity contribution is 7.80. The molecule has 0 saturated carbocycles. The Balaban J connectivity index is 1.67. The van der Waals surface area contributed by atoms with E-state index in [4.69, 9.17) is 17.0 Å². The van der Waals surface area contributed by atoms with Crippen LogP contribution in [-0.4, -0.2) is 29.1 Å². The van der Waals surface area contributed by atoms with Crippen LogP contribution in [0.25, 0.3) is 0 Å². The average Bonchev–Trinajstić information content (AvgIpc) is 2.64. The number of thiocarbonyl (C=S) groups is 1. The van der Waals surface area contributed by atoms with Gasteiger partial charge in [0.2, 0.25) is 0 Å². The van der Waals surface area contributed by atoms with Gasteiger partial charge in [-0.3, -0.25) is 4.79 Å². The maximum absolute atomic E-state index is 13.7. The van der Waals surface area contributed by atoms with Gasteiger partial charge >= 0.3 is 0 Å². The second-order valence-electron chi connectivity index (χ2n) is 5.88. The van der Waals surface area contributed by atoms with E-state index in [9.17, 15) is 9.18 Å². The summed E-state index contributed by atoms with van der Waals surface area (Å²) >= 11 is 5.34. The number of piperidine rings is 1. The summed E-state index contributed by atoms with van der Waals surface area (Å²) in [6, 6.07) is 12.8. The molecule has 6 heteroatoms. The van der Waals surface area contributed by atoms with E-state index >= 15 is 0 Å². The number of anilines is 1. The van der Waals surface area contributed by atoms with E-state index in [1.54, 1.807) is 36.4 Å². The Labute approximate surface area is 151 Å². The summed E-state index contributed by atoms with van der Waals surface area (Å²) in [5.41, 5.74) is 0.518. The van der Waals surface area contributed by atoms with E-state index < -0.39 is 11.7 Å². The fourth-order valence-electron chi connectivity index (χ4n) is 2.70. The van der Waals surface area contributed by atoms with E-state index in [2.05, 4.69) is 5.32 Å². The summed E-state index contributed by atoms with van der Waals surface area (Å²) in [7, 11) is 0. The maximum Gasteiger partial charge on any atom is 0.264 e. The fraction of sp³-hybridized carbons (Fsp3) is 0.263. The Morgan fingerprint density at radius 3 is 2.60 bits per heavy atom. The number of benzene rings is 2. The van der Waals surface area contributed by atoms with Gasteiger partial charge in [0, 0.05) is 18.7 Å². The average molecular weight is 358 g/mol.